The van der Waals surface area contributed by atoms with E-state index in [0.717, 1.165) is 10.9 Å². The van der Waals surface area contributed by atoms with Gasteiger partial charge in [-0.05, 0) is 23.1 Å². The van der Waals surface area contributed by atoms with Crippen molar-refractivity contribution in [3.05, 3.63) is 42.0 Å². The lowest BCUT2D eigenvalue weighted by molar-refractivity contribution is 0.281. The maximum Gasteiger partial charge on any atom is 0.524 e. The Morgan fingerprint density at radius 3 is 2.59 bits per heavy atom. The molecule has 0 bridgehead atoms. The zero-order chi connectivity index (χ0) is 12.5. The van der Waals surface area contributed by atoms with Crippen molar-refractivity contribution >= 4 is 18.6 Å². The zero-order valence-corrected chi connectivity index (χ0v) is 9.67. The van der Waals surface area contributed by atoms with Crippen LogP contribution in [0.5, 0.6) is 5.75 Å². The van der Waals surface area contributed by atoms with E-state index < -0.39 is 7.82 Å². The van der Waals surface area contributed by atoms with Gasteiger partial charge in [-0.2, -0.15) is 0 Å². The summed E-state index contributed by atoms with van der Waals surface area (Å²) in [6.45, 7) is -0.0838. The van der Waals surface area contributed by atoms with E-state index in [2.05, 4.69) is 4.52 Å². The molecule has 6 heteroatoms. The van der Waals surface area contributed by atoms with Gasteiger partial charge in [0.15, 0.2) is 0 Å². The van der Waals surface area contributed by atoms with Crippen molar-refractivity contribution in [3.8, 4) is 5.75 Å². The Bertz CT molecular complexity index is 589. The molecule has 3 N–H and O–H groups in total. The van der Waals surface area contributed by atoms with Crippen LogP contribution in [0.15, 0.2) is 36.4 Å². The third-order valence-electron chi connectivity index (χ3n) is 2.30. The molecule has 0 fully saturated rings. The largest absolute Gasteiger partial charge is 0.524 e. The number of hydrogen-bond donors (Lipinski definition) is 3. The molecule has 0 saturated heterocycles. The van der Waals surface area contributed by atoms with Crippen molar-refractivity contribution in [3.63, 3.8) is 0 Å². The Morgan fingerprint density at radius 2 is 1.94 bits per heavy atom. The molecule has 0 atom stereocenters. The van der Waals surface area contributed by atoms with Crippen LogP contribution in [-0.2, 0) is 11.2 Å². The number of fused-ring (bicyclic) bond motifs is 1. The van der Waals surface area contributed by atoms with Crippen molar-refractivity contribution in [2.24, 2.45) is 0 Å². The van der Waals surface area contributed by atoms with Crippen molar-refractivity contribution in [2.45, 2.75) is 6.61 Å². The number of aliphatic hydroxyl groups is 1. The molecule has 2 aromatic carbocycles. The van der Waals surface area contributed by atoms with Crippen LogP contribution in [0.2, 0.25) is 0 Å². The molecule has 5 nitrogen and oxygen atoms in total. The zero-order valence-electron chi connectivity index (χ0n) is 8.78. The van der Waals surface area contributed by atoms with Gasteiger partial charge in [0.2, 0.25) is 0 Å². The fourth-order valence-electron chi connectivity index (χ4n) is 1.61. The fourth-order valence-corrected chi connectivity index (χ4v) is 2.02. The van der Waals surface area contributed by atoms with E-state index in [0.29, 0.717) is 5.39 Å². The SMILES string of the molecule is O=P(O)(O)Oc1cccc2cc(CO)ccc12. The molecule has 17 heavy (non-hydrogen) atoms. The Morgan fingerprint density at radius 1 is 1.18 bits per heavy atom. The summed E-state index contributed by atoms with van der Waals surface area (Å²) in [4.78, 5) is 17.6. The Hall–Kier alpha value is -1.39. The van der Waals surface area contributed by atoms with Gasteiger partial charge in [0.25, 0.3) is 0 Å². The summed E-state index contributed by atoms with van der Waals surface area (Å²) >= 11 is 0. The first kappa shape index (κ1) is 12.1. The summed E-state index contributed by atoms with van der Waals surface area (Å²) in [5.74, 6) is 0.125. The van der Waals surface area contributed by atoms with Crippen LogP contribution in [0.3, 0.4) is 0 Å². The average Bonchev–Trinajstić information content (AvgIpc) is 2.26. The van der Waals surface area contributed by atoms with Crippen LogP contribution in [0.1, 0.15) is 5.56 Å². The minimum Gasteiger partial charge on any atom is -0.404 e. The molecule has 0 aromatic heterocycles. The first-order valence-corrected chi connectivity index (χ1v) is 6.40. The number of benzene rings is 2. The second kappa shape index (κ2) is 4.47. The summed E-state index contributed by atoms with van der Waals surface area (Å²) in [7, 11) is -4.56. The fraction of sp³-hybridized carbons (Fsp3) is 0.0909. The summed E-state index contributed by atoms with van der Waals surface area (Å²) in [5, 5.41) is 10.3. The molecule has 0 amide bonds. The second-order valence-electron chi connectivity index (χ2n) is 3.55. The molecular formula is C11H11O5P. The molecule has 2 rings (SSSR count). The Kier molecular flexibility index (Phi) is 3.17. The van der Waals surface area contributed by atoms with E-state index in [1.165, 1.54) is 6.07 Å². The van der Waals surface area contributed by atoms with Gasteiger partial charge in [0.05, 0.1) is 6.61 Å². The highest BCUT2D eigenvalue weighted by Crippen LogP contribution is 2.40. The van der Waals surface area contributed by atoms with Crippen molar-refractivity contribution in [1.82, 2.24) is 0 Å². The monoisotopic (exact) mass is 254 g/mol. The average molecular weight is 254 g/mol. The third kappa shape index (κ3) is 2.84. The lowest BCUT2D eigenvalue weighted by atomic mass is 10.1. The Labute approximate surface area is 97.5 Å². The van der Waals surface area contributed by atoms with Gasteiger partial charge in [-0.1, -0.05) is 24.3 Å². The summed E-state index contributed by atoms with van der Waals surface area (Å²) in [6, 6.07) is 9.97. The second-order valence-corrected chi connectivity index (χ2v) is 4.72. The van der Waals surface area contributed by atoms with Gasteiger partial charge < -0.3 is 9.63 Å². The highest BCUT2D eigenvalue weighted by Gasteiger charge is 2.17. The summed E-state index contributed by atoms with van der Waals surface area (Å²) < 4.78 is 15.4. The quantitative estimate of drug-likeness (QED) is 0.727. The molecule has 0 heterocycles. The maximum atomic E-state index is 10.8. The van der Waals surface area contributed by atoms with Crippen molar-refractivity contribution < 1.29 is 24.0 Å². The lowest BCUT2D eigenvalue weighted by Gasteiger charge is -2.10. The van der Waals surface area contributed by atoms with Crippen LogP contribution in [-0.4, -0.2) is 14.9 Å². The topological polar surface area (TPSA) is 87.0 Å². The molecule has 0 saturated carbocycles. The van der Waals surface area contributed by atoms with Crippen molar-refractivity contribution in [2.75, 3.05) is 0 Å². The normalized spacial score (nSPS) is 11.7. The van der Waals surface area contributed by atoms with Crippen LogP contribution in [0.25, 0.3) is 10.8 Å². The van der Waals surface area contributed by atoms with Crippen LogP contribution >= 0.6 is 7.82 Å². The first-order chi connectivity index (χ1) is 7.99. The van der Waals surface area contributed by atoms with Gasteiger partial charge in [0.1, 0.15) is 5.75 Å². The van der Waals surface area contributed by atoms with Gasteiger partial charge in [0, 0.05) is 5.39 Å². The lowest BCUT2D eigenvalue weighted by Crippen LogP contribution is -1.91. The molecule has 0 radical (unpaired) electrons. The predicted molar refractivity (Wildman–Crippen MR) is 62.5 cm³/mol. The summed E-state index contributed by atoms with van der Waals surface area (Å²) in [5.41, 5.74) is 0.728. The van der Waals surface area contributed by atoms with E-state index >= 15 is 0 Å². The number of rotatable bonds is 3. The van der Waals surface area contributed by atoms with Crippen LogP contribution in [0, 0.1) is 0 Å². The minimum absolute atomic E-state index is 0.0838. The molecule has 0 spiro atoms. The van der Waals surface area contributed by atoms with Gasteiger partial charge in [-0.3, -0.25) is 9.79 Å². The number of phosphoric ester groups is 1. The maximum absolute atomic E-state index is 10.8. The van der Waals surface area contributed by atoms with E-state index in [-0.39, 0.29) is 12.4 Å². The molecule has 90 valence electrons. The van der Waals surface area contributed by atoms with Crippen LogP contribution < -0.4 is 4.52 Å². The van der Waals surface area contributed by atoms with Crippen LogP contribution in [0.4, 0.5) is 0 Å². The molecule has 0 aliphatic carbocycles. The van der Waals surface area contributed by atoms with E-state index in [4.69, 9.17) is 14.9 Å². The smallest absolute Gasteiger partial charge is 0.404 e. The first-order valence-electron chi connectivity index (χ1n) is 4.87. The molecular weight excluding hydrogens is 243 g/mol. The summed E-state index contributed by atoms with van der Waals surface area (Å²) in [6.07, 6.45) is 0. The highest BCUT2D eigenvalue weighted by atomic mass is 31.2. The predicted octanol–water partition coefficient (Wildman–Crippen LogP) is 1.80. The van der Waals surface area contributed by atoms with Crippen molar-refractivity contribution in [1.29, 1.82) is 0 Å². The minimum atomic E-state index is -4.56. The number of phosphoric acid groups is 1. The molecule has 0 unspecified atom stereocenters. The van der Waals surface area contributed by atoms with Gasteiger partial charge in [-0.15, -0.1) is 0 Å². The van der Waals surface area contributed by atoms with Gasteiger partial charge >= 0.3 is 7.82 Å². The van der Waals surface area contributed by atoms with E-state index in [1.807, 2.05) is 0 Å². The molecule has 0 aliphatic rings. The number of aliphatic hydroxyl groups excluding tert-OH is 1. The third-order valence-corrected chi connectivity index (χ3v) is 2.74. The number of hydrogen-bond acceptors (Lipinski definition) is 3. The molecule has 2 aromatic rings. The highest BCUT2D eigenvalue weighted by molar-refractivity contribution is 7.46. The Balaban J connectivity index is 2.54. The standard InChI is InChI=1S/C11H11O5P/c12-7-8-4-5-10-9(6-8)2-1-3-11(10)16-17(13,14)15/h1-6,12H,7H2,(H2,13,14,15). The van der Waals surface area contributed by atoms with Gasteiger partial charge in [-0.25, -0.2) is 4.57 Å². The molecule has 0 aliphatic heterocycles. The van der Waals surface area contributed by atoms with E-state index in [9.17, 15) is 4.57 Å². The van der Waals surface area contributed by atoms with E-state index in [1.54, 1.807) is 30.3 Å².